The molecule has 1 saturated heterocycles. The molecule has 2 aliphatic heterocycles. The number of benzene rings is 3. The Kier molecular flexibility index (Phi) is 8.75. The molecule has 0 radical (unpaired) electrons. The number of rotatable bonds is 5. The molecule has 0 aliphatic carbocycles. The number of ether oxygens (including phenoxy) is 5. The molecule has 0 bridgehead atoms. The number of fused-ring (bicyclic) bond motifs is 2. The highest BCUT2D eigenvalue weighted by atomic mass is 19.1. The van der Waals surface area contributed by atoms with E-state index in [9.17, 15) is 14.0 Å². The number of amides is 3. The maximum Gasteiger partial charge on any atom is 0.331 e. The quantitative estimate of drug-likeness (QED) is 0.324. The van der Waals surface area contributed by atoms with Crippen molar-refractivity contribution >= 4 is 28.5 Å². The Morgan fingerprint density at radius 3 is 2.27 bits per heavy atom. The molecule has 11 nitrogen and oxygen atoms in total. The van der Waals surface area contributed by atoms with Gasteiger partial charge in [0.25, 0.3) is 0 Å². The molecule has 2 aliphatic rings. The van der Waals surface area contributed by atoms with Crippen molar-refractivity contribution in [3.63, 3.8) is 0 Å². The highest BCUT2D eigenvalue weighted by molar-refractivity contribution is 6.05. The second-order valence-electron chi connectivity index (χ2n) is 9.92. The second kappa shape index (κ2) is 13.2. The molecule has 3 heterocycles. The Labute approximate surface area is 250 Å². The van der Waals surface area contributed by atoms with Gasteiger partial charge in [0.15, 0.2) is 23.1 Å². The number of nitrogens with zero attached hydrogens (tertiary/aromatic N) is 4. The van der Waals surface area contributed by atoms with Crippen LogP contribution in [0, 0.1) is 11.6 Å². The molecule has 228 valence electrons. The first-order chi connectivity index (χ1) is 21.5. The van der Waals surface area contributed by atoms with Crippen LogP contribution in [0.15, 0.2) is 60.9 Å². The molecule has 13 heteroatoms. The van der Waals surface area contributed by atoms with Crippen LogP contribution in [0.1, 0.15) is 5.56 Å². The van der Waals surface area contributed by atoms with Gasteiger partial charge >= 0.3 is 6.03 Å². The Bertz CT molecular complexity index is 1670. The largest absolute Gasteiger partial charge is 0.487 e. The van der Waals surface area contributed by atoms with E-state index in [1.807, 2.05) is 0 Å². The zero-order valence-electron chi connectivity index (χ0n) is 23.5. The summed E-state index contributed by atoms with van der Waals surface area (Å²) in [6, 6.07) is 12.4. The predicted octanol–water partition coefficient (Wildman–Crippen LogP) is 4.52. The number of carbonyl (C=O) groups excluding carboxylic acids is 2. The molecule has 0 atom stereocenters. The fourth-order valence-electron chi connectivity index (χ4n) is 4.83. The van der Waals surface area contributed by atoms with Crippen LogP contribution in [0.4, 0.5) is 19.3 Å². The van der Waals surface area contributed by atoms with Gasteiger partial charge in [0.2, 0.25) is 11.8 Å². The van der Waals surface area contributed by atoms with Crippen molar-refractivity contribution < 1.29 is 42.1 Å². The van der Waals surface area contributed by atoms with E-state index in [0.29, 0.717) is 66.7 Å². The van der Waals surface area contributed by atoms with Gasteiger partial charge in [-0.05, 0) is 48.0 Å². The number of carbonyl (C=O) groups is 2. The molecular weight excluding hydrogens is 578 g/mol. The van der Waals surface area contributed by atoms with Crippen molar-refractivity contribution in [2.24, 2.45) is 0 Å². The number of halogens is 2. The van der Waals surface area contributed by atoms with E-state index in [4.69, 9.17) is 23.7 Å². The second-order valence-corrected chi connectivity index (χ2v) is 9.92. The highest BCUT2D eigenvalue weighted by Gasteiger charge is 2.34. The van der Waals surface area contributed by atoms with E-state index >= 15 is 4.39 Å². The zero-order chi connectivity index (χ0) is 30.5. The molecule has 0 N–H and O–H groups in total. The molecule has 3 amide bonds. The molecule has 3 aromatic carbocycles. The van der Waals surface area contributed by atoms with Crippen molar-refractivity contribution in [1.82, 2.24) is 14.9 Å². The van der Waals surface area contributed by atoms with Crippen molar-refractivity contribution in [2.45, 2.75) is 6.42 Å². The minimum atomic E-state index is -0.717. The average Bonchev–Trinajstić information content (AvgIpc) is 3.40. The van der Waals surface area contributed by atoms with Gasteiger partial charge < -0.3 is 23.7 Å². The van der Waals surface area contributed by atoms with Crippen LogP contribution in [0.2, 0.25) is 0 Å². The van der Waals surface area contributed by atoms with Crippen LogP contribution in [0.5, 0.6) is 23.1 Å². The van der Waals surface area contributed by atoms with Crippen molar-refractivity contribution in [3.8, 4) is 23.1 Å². The monoisotopic (exact) mass is 606 g/mol. The lowest BCUT2D eigenvalue weighted by Crippen LogP contribution is -2.37. The number of imide groups is 1. The van der Waals surface area contributed by atoms with Crippen LogP contribution < -0.4 is 19.1 Å². The standard InChI is InChI=1S/C31H28F2N4O7/c32-21-2-4-22(5-3-21)36-7-8-37(31(36)39)29(38)16-20-1-6-26(24(33)15-20)44-30-23-17-27-28(18-25(23)34-19-35-30)43-14-12-41-10-9-40-11-13-42-27/h1-6,15,17-19H,7-14,16H2. The SMILES string of the molecule is O=C(Cc1ccc(Oc2ncnc3cc4c(cc23)OCCOCCOCCO4)c(F)c1)N1CCN(c2ccc(F)cc2)C1=O. The number of anilines is 1. The molecular formula is C31H28F2N4O7. The Morgan fingerprint density at radius 2 is 1.55 bits per heavy atom. The van der Waals surface area contributed by atoms with Crippen LogP contribution in [0.25, 0.3) is 10.9 Å². The molecule has 44 heavy (non-hydrogen) atoms. The predicted molar refractivity (Wildman–Crippen MR) is 153 cm³/mol. The maximum atomic E-state index is 15.2. The van der Waals surface area contributed by atoms with Gasteiger partial charge in [-0.3, -0.25) is 14.6 Å². The van der Waals surface area contributed by atoms with E-state index in [2.05, 4.69) is 9.97 Å². The minimum absolute atomic E-state index is 0.0957. The average molecular weight is 607 g/mol. The molecule has 4 aromatic rings. The summed E-state index contributed by atoms with van der Waals surface area (Å²) in [6.07, 6.45) is 1.10. The van der Waals surface area contributed by atoms with Crippen molar-refractivity contribution in [3.05, 3.63) is 78.1 Å². The van der Waals surface area contributed by atoms with Crippen LogP contribution in [-0.2, 0) is 20.7 Å². The molecule has 1 fully saturated rings. The zero-order valence-corrected chi connectivity index (χ0v) is 23.5. The van der Waals surface area contributed by atoms with Crippen LogP contribution in [0.3, 0.4) is 0 Å². The Hall–Kier alpha value is -4.88. The first-order valence-corrected chi connectivity index (χ1v) is 14.0. The fraction of sp³-hybridized carbons (Fsp3) is 0.290. The smallest absolute Gasteiger partial charge is 0.331 e. The van der Waals surface area contributed by atoms with Gasteiger partial charge in [-0.2, -0.15) is 0 Å². The number of urea groups is 1. The third-order valence-electron chi connectivity index (χ3n) is 7.01. The molecule has 0 saturated carbocycles. The summed E-state index contributed by atoms with van der Waals surface area (Å²) in [4.78, 5) is 36.8. The first kappa shape index (κ1) is 29.2. The van der Waals surface area contributed by atoms with E-state index in [1.165, 1.54) is 47.6 Å². The summed E-state index contributed by atoms with van der Waals surface area (Å²) in [5.41, 5.74) is 1.34. The summed E-state index contributed by atoms with van der Waals surface area (Å²) in [6.45, 7) is 2.65. The van der Waals surface area contributed by atoms with Gasteiger partial charge in [-0.25, -0.2) is 23.5 Å². The molecule has 6 rings (SSSR count). The lowest BCUT2D eigenvalue weighted by atomic mass is 10.1. The van der Waals surface area contributed by atoms with Crippen molar-refractivity contribution in [1.29, 1.82) is 0 Å². The summed E-state index contributed by atoms with van der Waals surface area (Å²) < 4.78 is 57.0. The molecule has 1 aromatic heterocycles. The minimum Gasteiger partial charge on any atom is -0.487 e. The number of hydrogen-bond acceptors (Lipinski definition) is 9. The van der Waals surface area contributed by atoms with E-state index < -0.39 is 23.6 Å². The third kappa shape index (κ3) is 6.53. The van der Waals surface area contributed by atoms with Crippen LogP contribution >= 0.6 is 0 Å². The highest BCUT2D eigenvalue weighted by Crippen LogP contribution is 2.37. The normalized spacial score (nSPS) is 16.0. The van der Waals surface area contributed by atoms with Gasteiger partial charge in [0, 0.05) is 24.8 Å². The number of hydrogen-bond donors (Lipinski definition) is 0. The van der Waals surface area contributed by atoms with E-state index in [-0.39, 0.29) is 37.7 Å². The third-order valence-corrected chi connectivity index (χ3v) is 7.01. The molecule has 0 spiro atoms. The lowest BCUT2D eigenvalue weighted by Gasteiger charge is -2.18. The van der Waals surface area contributed by atoms with E-state index in [0.717, 1.165) is 4.90 Å². The maximum absolute atomic E-state index is 15.2. The summed E-state index contributed by atoms with van der Waals surface area (Å²) in [7, 11) is 0. The van der Waals surface area contributed by atoms with E-state index in [1.54, 1.807) is 18.2 Å². The topological polar surface area (TPSA) is 113 Å². The Morgan fingerprint density at radius 1 is 0.841 bits per heavy atom. The fourth-order valence-corrected chi connectivity index (χ4v) is 4.83. The van der Waals surface area contributed by atoms with Gasteiger partial charge in [-0.1, -0.05) is 6.07 Å². The first-order valence-electron chi connectivity index (χ1n) is 14.0. The van der Waals surface area contributed by atoms with Crippen LogP contribution in [-0.4, -0.2) is 79.5 Å². The van der Waals surface area contributed by atoms with Gasteiger partial charge in [0.05, 0.1) is 43.8 Å². The van der Waals surface area contributed by atoms with Gasteiger partial charge in [0.1, 0.15) is 25.4 Å². The lowest BCUT2D eigenvalue weighted by molar-refractivity contribution is -0.126. The summed E-state index contributed by atoms with van der Waals surface area (Å²) in [5, 5.41) is 0.469. The summed E-state index contributed by atoms with van der Waals surface area (Å²) in [5.74, 6) is -0.760. The molecule has 0 unspecified atom stereocenters. The van der Waals surface area contributed by atoms with Gasteiger partial charge in [-0.15, -0.1) is 0 Å². The Balaban J connectivity index is 1.16. The van der Waals surface area contributed by atoms with Crippen molar-refractivity contribution in [2.75, 3.05) is 57.6 Å². The number of aromatic nitrogens is 2. The summed E-state index contributed by atoms with van der Waals surface area (Å²) >= 11 is 0.